The third-order valence-corrected chi connectivity index (χ3v) is 4.23. The molecule has 2 N–H and O–H groups in total. The number of aromatic amines is 1. The van der Waals surface area contributed by atoms with E-state index in [1.807, 2.05) is 25.3 Å². The van der Waals surface area contributed by atoms with Gasteiger partial charge in [0, 0.05) is 23.3 Å². The molecule has 0 saturated carbocycles. The zero-order valence-corrected chi connectivity index (χ0v) is 13.2. The van der Waals surface area contributed by atoms with Crippen LogP contribution in [0.4, 0.5) is 11.4 Å². The van der Waals surface area contributed by atoms with Crippen molar-refractivity contribution < 1.29 is 9.59 Å². The Morgan fingerprint density at radius 1 is 1.33 bits per heavy atom. The molecule has 0 atom stereocenters. The molecule has 1 aliphatic heterocycles. The first-order valence-electron chi connectivity index (χ1n) is 7.72. The van der Waals surface area contributed by atoms with Crippen LogP contribution < -0.4 is 10.2 Å². The Bertz CT molecular complexity index is 961. The molecule has 2 amide bonds. The molecule has 0 saturated heterocycles. The highest BCUT2D eigenvalue weighted by Crippen LogP contribution is 2.29. The minimum atomic E-state index is -0.210. The second kappa shape index (κ2) is 5.49. The van der Waals surface area contributed by atoms with Gasteiger partial charge in [-0.05, 0) is 30.2 Å². The molecule has 2 aromatic heterocycles. The number of hydrogen-bond donors (Lipinski definition) is 2. The van der Waals surface area contributed by atoms with E-state index in [0.717, 1.165) is 22.0 Å². The van der Waals surface area contributed by atoms with Crippen molar-refractivity contribution in [2.75, 3.05) is 16.8 Å². The first kappa shape index (κ1) is 14.4. The Labute approximate surface area is 138 Å². The molecule has 0 fully saturated rings. The summed E-state index contributed by atoms with van der Waals surface area (Å²) < 4.78 is 0. The number of pyridine rings is 1. The van der Waals surface area contributed by atoms with Crippen LogP contribution >= 0.6 is 0 Å². The second-order valence-electron chi connectivity index (χ2n) is 5.96. The van der Waals surface area contributed by atoms with Gasteiger partial charge in [0.25, 0.3) is 0 Å². The molecule has 0 radical (unpaired) electrons. The van der Waals surface area contributed by atoms with Gasteiger partial charge < -0.3 is 15.2 Å². The number of benzene rings is 1. The molecule has 3 heterocycles. The summed E-state index contributed by atoms with van der Waals surface area (Å²) in [5.41, 5.74) is 4.36. The number of nitrogens with one attached hydrogen (secondary N) is 2. The number of rotatable bonds is 2. The Morgan fingerprint density at radius 3 is 3.08 bits per heavy atom. The van der Waals surface area contributed by atoms with Gasteiger partial charge >= 0.3 is 0 Å². The van der Waals surface area contributed by atoms with Crippen molar-refractivity contribution in [3.8, 4) is 0 Å². The number of amides is 2. The summed E-state index contributed by atoms with van der Waals surface area (Å²) in [5, 5.41) is 3.77. The van der Waals surface area contributed by atoms with E-state index in [4.69, 9.17) is 0 Å². The van der Waals surface area contributed by atoms with Crippen LogP contribution in [0.15, 0.2) is 42.9 Å². The molecule has 3 aromatic rings. The summed E-state index contributed by atoms with van der Waals surface area (Å²) in [6.07, 6.45) is 5.27. The lowest BCUT2D eigenvalue weighted by Gasteiger charge is -2.28. The third kappa shape index (κ3) is 2.42. The van der Waals surface area contributed by atoms with Gasteiger partial charge in [-0.1, -0.05) is 12.1 Å². The summed E-state index contributed by atoms with van der Waals surface area (Å²) in [7, 11) is 0. The summed E-state index contributed by atoms with van der Waals surface area (Å²) in [4.78, 5) is 33.4. The largest absolute Gasteiger partial charge is 0.361 e. The van der Waals surface area contributed by atoms with E-state index in [9.17, 15) is 9.59 Å². The molecule has 0 aliphatic carbocycles. The normalized spacial score (nSPS) is 13.7. The van der Waals surface area contributed by atoms with Gasteiger partial charge in [-0.15, -0.1) is 0 Å². The third-order valence-electron chi connectivity index (χ3n) is 4.23. The fourth-order valence-electron chi connectivity index (χ4n) is 3.06. The Morgan fingerprint density at radius 2 is 2.21 bits per heavy atom. The van der Waals surface area contributed by atoms with Crippen LogP contribution in [0, 0.1) is 6.92 Å². The van der Waals surface area contributed by atoms with E-state index < -0.39 is 0 Å². The van der Waals surface area contributed by atoms with Crippen LogP contribution in [0.5, 0.6) is 0 Å². The predicted molar refractivity (Wildman–Crippen MR) is 92.0 cm³/mol. The van der Waals surface area contributed by atoms with Crippen molar-refractivity contribution in [3.63, 3.8) is 0 Å². The van der Waals surface area contributed by atoms with Crippen LogP contribution in [-0.2, 0) is 16.0 Å². The first-order chi connectivity index (χ1) is 11.6. The Hall–Kier alpha value is -3.15. The van der Waals surface area contributed by atoms with Crippen LogP contribution in [0.2, 0.25) is 0 Å². The molecule has 120 valence electrons. The van der Waals surface area contributed by atoms with Crippen molar-refractivity contribution in [1.82, 2.24) is 9.97 Å². The fraction of sp³-hybridized carbons (Fsp3) is 0.167. The van der Waals surface area contributed by atoms with Gasteiger partial charge in [0.05, 0.1) is 24.0 Å². The maximum Gasteiger partial charge on any atom is 0.244 e. The van der Waals surface area contributed by atoms with Crippen LogP contribution in [0.3, 0.4) is 0 Å². The molecule has 4 rings (SSSR count). The van der Waals surface area contributed by atoms with Gasteiger partial charge in [-0.3, -0.25) is 14.6 Å². The topological polar surface area (TPSA) is 78.1 Å². The fourth-order valence-corrected chi connectivity index (χ4v) is 3.06. The Kier molecular flexibility index (Phi) is 3.30. The summed E-state index contributed by atoms with van der Waals surface area (Å²) in [5.74, 6) is -0.322. The van der Waals surface area contributed by atoms with E-state index in [1.165, 1.54) is 4.90 Å². The molecule has 0 spiro atoms. The summed E-state index contributed by atoms with van der Waals surface area (Å²) in [6.45, 7) is 2.06. The zero-order valence-electron chi connectivity index (χ0n) is 13.2. The maximum absolute atomic E-state index is 12.8. The van der Waals surface area contributed by atoms with Crippen molar-refractivity contribution in [2.24, 2.45) is 0 Å². The number of H-pyrrole nitrogens is 1. The monoisotopic (exact) mass is 320 g/mol. The SMILES string of the molecule is Cc1ccc2c(CC(=O)N3CC(=O)Nc4cnccc43)c[nH]c2c1. The highest BCUT2D eigenvalue weighted by Gasteiger charge is 2.27. The van der Waals surface area contributed by atoms with Crippen molar-refractivity contribution in [1.29, 1.82) is 0 Å². The van der Waals surface area contributed by atoms with Crippen molar-refractivity contribution >= 4 is 34.1 Å². The molecular weight excluding hydrogens is 304 g/mol. The number of carbonyl (C=O) groups excluding carboxylic acids is 2. The number of aromatic nitrogens is 2. The number of hydrogen-bond acceptors (Lipinski definition) is 3. The van der Waals surface area contributed by atoms with Gasteiger partial charge in [-0.2, -0.15) is 0 Å². The lowest BCUT2D eigenvalue weighted by atomic mass is 10.1. The van der Waals surface area contributed by atoms with Crippen molar-refractivity contribution in [3.05, 3.63) is 54.0 Å². The Balaban J connectivity index is 1.65. The van der Waals surface area contributed by atoms with E-state index in [2.05, 4.69) is 21.4 Å². The van der Waals surface area contributed by atoms with Gasteiger partial charge in [0.2, 0.25) is 11.8 Å². The van der Waals surface area contributed by atoms with Crippen molar-refractivity contribution in [2.45, 2.75) is 13.3 Å². The molecule has 0 bridgehead atoms. The number of carbonyl (C=O) groups is 2. The number of nitrogens with zero attached hydrogens (tertiary/aromatic N) is 2. The second-order valence-corrected chi connectivity index (χ2v) is 5.96. The van der Waals surface area contributed by atoms with Crippen LogP contribution in [0.1, 0.15) is 11.1 Å². The average Bonchev–Trinajstić information content (AvgIpc) is 2.95. The lowest BCUT2D eigenvalue weighted by Crippen LogP contribution is -2.42. The predicted octanol–water partition coefficient (Wildman–Crippen LogP) is 2.40. The quantitative estimate of drug-likeness (QED) is 0.761. The molecule has 24 heavy (non-hydrogen) atoms. The van der Waals surface area contributed by atoms with Gasteiger partial charge in [0.1, 0.15) is 6.54 Å². The standard InChI is InChI=1S/C18H16N4O2/c1-11-2-3-13-12(8-20-14(13)6-11)7-18(24)22-10-17(23)21-15-9-19-5-4-16(15)22/h2-6,8-9,20H,7,10H2,1H3,(H,21,23). The number of fused-ring (bicyclic) bond motifs is 2. The van der Waals surface area contributed by atoms with E-state index in [-0.39, 0.29) is 24.8 Å². The number of anilines is 2. The first-order valence-corrected chi connectivity index (χ1v) is 7.72. The maximum atomic E-state index is 12.8. The molecule has 1 aliphatic rings. The molecule has 6 nitrogen and oxygen atoms in total. The highest BCUT2D eigenvalue weighted by atomic mass is 16.2. The molecular formula is C18H16N4O2. The highest BCUT2D eigenvalue weighted by molar-refractivity contribution is 6.10. The van der Waals surface area contributed by atoms with Crippen LogP contribution in [0.25, 0.3) is 10.9 Å². The van der Waals surface area contributed by atoms with Gasteiger partial charge in [0.15, 0.2) is 0 Å². The van der Waals surface area contributed by atoms with E-state index in [0.29, 0.717) is 11.4 Å². The molecule has 6 heteroatoms. The van der Waals surface area contributed by atoms with Gasteiger partial charge in [-0.25, -0.2) is 0 Å². The molecule has 0 unspecified atom stereocenters. The minimum Gasteiger partial charge on any atom is -0.361 e. The zero-order chi connectivity index (χ0) is 16.7. The minimum absolute atomic E-state index is 0.0251. The van der Waals surface area contributed by atoms with E-state index >= 15 is 0 Å². The lowest BCUT2D eigenvalue weighted by molar-refractivity contribution is -0.121. The van der Waals surface area contributed by atoms with Crippen LogP contribution in [-0.4, -0.2) is 28.3 Å². The van der Waals surface area contributed by atoms with E-state index in [1.54, 1.807) is 18.5 Å². The summed E-state index contributed by atoms with van der Waals surface area (Å²) >= 11 is 0. The molecule has 1 aromatic carbocycles. The average molecular weight is 320 g/mol. The number of aryl methyl sites for hydroxylation is 1. The summed E-state index contributed by atoms with van der Waals surface area (Å²) in [6, 6.07) is 7.84. The smallest absolute Gasteiger partial charge is 0.244 e.